The van der Waals surface area contributed by atoms with E-state index < -0.39 is 4.92 Å². The number of aryl methyl sites for hydroxylation is 1. The molecule has 0 aromatic heterocycles. The van der Waals surface area contributed by atoms with Crippen LogP contribution in [0.15, 0.2) is 12.1 Å². The van der Waals surface area contributed by atoms with E-state index in [0.717, 1.165) is 30.7 Å². The lowest BCUT2D eigenvalue weighted by molar-refractivity contribution is -0.384. The number of rotatable bonds is 4. The fourth-order valence-corrected chi connectivity index (χ4v) is 2.53. The molecule has 5 nitrogen and oxygen atoms in total. The monoisotopic (exact) mass is 284 g/mol. The van der Waals surface area contributed by atoms with Crippen LogP contribution in [0, 0.1) is 17.0 Å². The molecule has 104 valence electrons. The summed E-state index contributed by atoms with van der Waals surface area (Å²) in [6.45, 7) is 4.68. The standard InChI is InChI=1S/C13H17ClN2O3/c1-8-6-12(16(17)18)10(14)7-11(8)15-9(2)13-4-3-5-19-13/h6-7,9,13,15H,3-5H2,1-2H3. The fraction of sp³-hybridized carbons (Fsp3) is 0.538. The average molecular weight is 285 g/mol. The van der Waals surface area contributed by atoms with E-state index in [4.69, 9.17) is 16.3 Å². The van der Waals surface area contributed by atoms with Crippen molar-refractivity contribution in [2.24, 2.45) is 0 Å². The second-order valence-electron chi connectivity index (χ2n) is 4.86. The van der Waals surface area contributed by atoms with Crippen molar-refractivity contribution in [1.82, 2.24) is 0 Å². The highest BCUT2D eigenvalue weighted by molar-refractivity contribution is 6.33. The van der Waals surface area contributed by atoms with Crippen LogP contribution < -0.4 is 5.32 Å². The number of nitrogens with zero attached hydrogens (tertiary/aromatic N) is 1. The zero-order valence-electron chi connectivity index (χ0n) is 11.0. The minimum Gasteiger partial charge on any atom is -0.380 e. The molecule has 0 spiro atoms. The first kappa shape index (κ1) is 14.1. The summed E-state index contributed by atoms with van der Waals surface area (Å²) in [6, 6.07) is 3.26. The van der Waals surface area contributed by atoms with Gasteiger partial charge in [0.25, 0.3) is 5.69 Å². The number of benzene rings is 1. The summed E-state index contributed by atoms with van der Waals surface area (Å²) in [4.78, 5) is 10.3. The number of hydrogen-bond acceptors (Lipinski definition) is 4. The van der Waals surface area contributed by atoms with Gasteiger partial charge in [-0.15, -0.1) is 0 Å². The Balaban J connectivity index is 2.16. The highest BCUT2D eigenvalue weighted by Crippen LogP contribution is 2.31. The van der Waals surface area contributed by atoms with Gasteiger partial charge in [-0.1, -0.05) is 11.6 Å². The molecular weight excluding hydrogens is 268 g/mol. The molecule has 1 fully saturated rings. The number of nitro groups is 1. The van der Waals surface area contributed by atoms with E-state index >= 15 is 0 Å². The molecular formula is C13H17ClN2O3. The molecule has 1 aliphatic rings. The molecule has 1 N–H and O–H groups in total. The van der Waals surface area contributed by atoms with Gasteiger partial charge in [0, 0.05) is 24.4 Å². The van der Waals surface area contributed by atoms with Crippen molar-refractivity contribution in [1.29, 1.82) is 0 Å². The quantitative estimate of drug-likeness (QED) is 0.678. The maximum absolute atomic E-state index is 10.8. The van der Waals surface area contributed by atoms with E-state index in [-0.39, 0.29) is 22.9 Å². The van der Waals surface area contributed by atoms with E-state index in [0.29, 0.717) is 0 Å². The number of nitro benzene ring substituents is 1. The second kappa shape index (κ2) is 5.75. The number of halogens is 1. The van der Waals surface area contributed by atoms with E-state index in [1.54, 1.807) is 6.07 Å². The van der Waals surface area contributed by atoms with Crippen LogP contribution in [0.4, 0.5) is 11.4 Å². The average Bonchev–Trinajstić information content (AvgIpc) is 2.86. The predicted molar refractivity (Wildman–Crippen MR) is 74.9 cm³/mol. The van der Waals surface area contributed by atoms with Gasteiger partial charge in [-0.2, -0.15) is 0 Å². The second-order valence-corrected chi connectivity index (χ2v) is 5.27. The van der Waals surface area contributed by atoms with Gasteiger partial charge in [0.05, 0.1) is 11.0 Å². The van der Waals surface area contributed by atoms with Gasteiger partial charge in [-0.05, 0) is 38.3 Å². The molecule has 0 aliphatic carbocycles. The highest BCUT2D eigenvalue weighted by Gasteiger charge is 2.23. The van der Waals surface area contributed by atoms with Gasteiger partial charge >= 0.3 is 0 Å². The number of anilines is 1. The van der Waals surface area contributed by atoms with Gasteiger partial charge in [0.2, 0.25) is 0 Å². The zero-order valence-corrected chi connectivity index (χ0v) is 11.7. The van der Waals surface area contributed by atoms with Gasteiger partial charge < -0.3 is 10.1 Å². The fourth-order valence-electron chi connectivity index (χ4n) is 2.30. The topological polar surface area (TPSA) is 64.4 Å². The van der Waals surface area contributed by atoms with Crippen LogP contribution in [0.5, 0.6) is 0 Å². The van der Waals surface area contributed by atoms with E-state index in [9.17, 15) is 10.1 Å². The molecule has 1 saturated heterocycles. The molecule has 1 heterocycles. The maximum Gasteiger partial charge on any atom is 0.288 e. The molecule has 1 aliphatic heterocycles. The van der Waals surface area contributed by atoms with Gasteiger partial charge in [0.15, 0.2) is 0 Å². The lowest BCUT2D eigenvalue weighted by Crippen LogP contribution is -2.30. The molecule has 2 unspecified atom stereocenters. The number of nitrogens with one attached hydrogen (secondary N) is 1. The molecule has 0 amide bonds. The van der Waals surface area contributed by atoms with E-state index in [2.05, 4.69) is 5.32 Å². The van der Waals surface area contributed by atoms with Crippen molar-refractivity contribution >= 4 is 23.0 Å². The lowest BCUT2D eigenvalue weighted by atomic mass is 10.1. The number of hydrogen-bond donors (Lipinski definition) is 1. The largest absolute Gasteiger partial charge is 0.380 e. The van der Waals surface area contributed by atoms with Crippen molar-refractivity contribution in [3.05, 3.63) is 32.8 Å². The molecule has 0 saturated carbocycles. The third kappa shape index (κ3) is 3.16. The van der Waals surface area contributed by atoms with Gasteiger partial charge in [-0.25, -0.2) is 0 Å². The van der Waals surface area contributed by atoms with Crippen LogP contribution in [0.1, 0.15) is 25.3 Å². The molecule has 1 aromatic carbocycles. The summed E-state index contributed by atoms with van der Waals surface area (Å²) in [5.74, 6) is 0. The van der Waals surface area contributed by atoms with Crippen LogP contribution in [0.25, 0.3) is 0 Å². The lowest BCUT2D eigenvalue weighted by Gasteiger charge is -2.22. The summed E-state index contributed by atoms with van der Waals surface area (Å²) in [6.07, 6.45) is 2.30. The molecule has 2 atom stereocenters. The van der Waals surface area contributed by atoms with Crippen LogP contribution in [-0.4, -0.2) is 23.7 Å². The van der Waals surface area contributed by atoms with Crippen LogP contribution in [-0.2, 0) is 4.74 Å². The van der Waals surface area contributed by atoms with Crippen molar-refractivity contribution < 1.29 is 9.66 Å². The Morgan fingerprint density at radius 2 is 2.32 bits per heavy atom. The normalized spacial score (nSPS) is 20.3. The summed E-state index contributed by atoms with van der Waals surface area (Å²) >= 11 is 5.93. The van der Waals surface area contributed by atoms with Gasteiger partial charge in [0.1, 0.15) is 5.02 Å². The van der Waals surface area contributed by atoms with Crippen LogP contribution in [0.2, 0.25) is 5.02 Å². The van der Waals surface area contributed by atoms with Crippen LogP contribution >= 0.6 is 11.6 Å². The van der Waals surface area contributed by atoms with Crippen LogP contribution in [0.3, 0.4) is 0 Å². The molecule has 19 heavy (non-hydrogen) atoms. The SMILES string of the molecule is Cc1cc([N+](=O)[O-])c(Cl)cc1NC(C)C1CCCO1. The third-order valence-electron chi connectivity index (χ3n) is 3.40. The zero-order chi connectivity index (χ0) is 14.0. The Bertz CT molecular complexity index is 487. The number of ether oxygens (including phenoxy) is 1. The smallest absolute Gasteiger partial charge is 0.288 e. The highest BCUT2D eigenvalue weighted by atomic mass is 35.5. The van der Waals surface area contributed by atoms with Crippen molar-refractivity contribution in [3.8, 4) is 0 Å². The Labute approximate surface area is 117 Å². The summed E-state index contributed by atoms with van der Waals surface area (Å²) in [5, 5.41) is 14.3. The summed E-state index contributed by atoms with van der Waals surface area (Å²) in [7, 11) is 0. The summed E-state index contributed by atoms with van der Waals surface area (Å²) in [5.41, 5.74) is 1.56. The summed E-state index contributed by atoms with van der Waals surface area (Å²) < 4.78 is 5.62. The first-order valence-corrected chi connectivity index (χ1v) is 6.69. The van der Waals surface area contributed by atoms with E-state index in [1.807, 2.05) is 13.8 Å². The molecule has 6 heteroatoms. The van der Waals surface area contributed by atoms with Gasteiger partial charge in [-0.3, -0.25) is 10.1 Å². The van der Waals surface area contributed by atoms with E-state index in [1.165, 1.54) is 6.07 Å². The minimum absolute atomic E-state index is 0.0607. The Kier molecular flexibility index (Phi) is 4.27. The molecule has 0 bridgehead atoms. The Hall–Kier alpha value is -1.33. The third-order valence-corrected chi connectivity index (χ3v) is 3.70. The minimum atomic E-state index is -0.470. The Morgan fingerprint density at radius 1 is 1.58 bits per heavy atom. The predicted octanol–water partition coefficient (Wildman–Crippen LogP) is 3.54. The van der Waals surface area contributed by atoms with Crippen molar-refractivity contribution in [3.63, 3.8) is 0 Å². The van der Waals surface area contributed by atoms with Crippen molar-refractivity contribution in [2.45, 2.75) is 38.8 Å². The molecule has 0 radical (unpaired) electrons. The molecule has 1 aromatic rings. The molecule has 2 rings (SSSR count). The maximum atomic E-state index is 10.8. The first-order chi connectivity index (χ1) is 8.99. The Morgan fingerprint density at radius 3 is 2.89 bits per heavy atom. The first-order valence-electron chi connectivity index (χ1n) is 6.31. The van der Waals surface area contributed by atoms with Crippen molar-refractivity contribution in [2.75, 3.05) is 11.9 Å².